The molecule has 6 heteroatoms. The van der Waals surface area contributed by atoms with Crippen LogP contribution in [0, 0.1) is 0 Å². The van der Waals surface area contributed by atoms with Gasteiger partial charge in [-0.25, -0.2) is 0 Å². The van der Waals surface area contributed by atoms with Crippen LogP contribution in [0.5, 0.6) is 0 Å². The molecule has 0 saturated heterocycles. The van der Waals surface area contributed by atoms with Gasteiger partial charge < -0.3 is 20.3 Å². The third-order valence-electron chi connectivity index (χ3n) is 13.7. The van der Waals surface area contributed by atoms with E-state index >= 15 is 0 Å². The topological polar surface area (TPSA) is 95.9 Å². The normalized spacial score (nSPS) is 12.7. The summed E-state index contributed by atoms with van der Waals surface area (Å²) < 4.78 is 5.45. The highest BCUT2D eigenvalue weighted by molar-refractivity contribution is 5.76. The van der Waals surface area contributed by atoms with Gasteiger partial charge in [-0.05, 0) is 51.4 Å². The Kier molecular flexibility index (Phi) is 54.5. The zero-order valence-corrected chi connectivity index (χ0v) is 44.4. The number of hydrogen-bond acceptors (Lipinski definition) is 5. The van der Waals surface area contributed by atoms with Crippen LogP contribution < -0.4 is 5.32 Å². The fraction of sp³-hybridized carbons (Fsp3) is 0.900. The maximum atomic E-state index is 12.5. The van der Waals surface area contributed by atoms with Crippen molar-refractivity contribution in [2.24, 2.45) is 0 Å². The number of aliphatic hydroxyl groups excluding tert-OH is 2. The van der Waals surface area contributed by atoms with Crippen LogP contribution in [0.1, 0.15) is 322 Å². The van der Waals surface area contributed by atoms with Crippen LogP contribution >= 0.6 is 0 Å². The molecule has 0 aromatic carbocycles. The van der Waals surface area contributed by atoms with E-state index in [2.05, 4.69) is 31.3 Å². The Morgan fingerprint density at radius 1 is 0.409 bits per heavy atom. The second kappa shape index (κ2) is 55.9. The van der Waals surface area contributed by atoms with E-state index in [4.69, 9.17) is 4.74 Å². The van der Waals surface area contributed by atoms with Gasteiger partial charge >= 0.3 is 5.97 Å². The van der Waals surface area contributed by atoms with Gasteiger partial charge in [-0.1, -0.05) is 282 Å². The molecule has 0 aliphatic rings. The van der Waals surface area contributed by atoms with E-state index in [0.29, 0.717) is 19.4 Å². The molecule has 2 unspecified atom stereocenters. The lowest BCUT2D eigenvalue weighted by molar-refractivity contribution is -0.143. The van der Waals surface area contributed by atoms with Crippen molar-refractivity contribution < 1.29 is 24.5 Å². The van der Waals surface area contributed by atoms with Gasteiger partial charge in [0.1, 0.15) is 0 Å². The van der Waals surface area contributed by atoms with E-state index in [-0.39, 0.29) is 18.5 Å². The van der Waals surface area contributed by atoms with Gasteiger partial charge in [-0.3, -0.25) is 9.59 Å². The first-order chi connectivity index (χ1) is 32.5. The third-order valence-corrected chi connectivity index (χ3v) is 13.7. The van der Waals surface area contributed by atoms with E-state index in [1.807, 2.05) is 6.08 Å². The summed E-state index contributed by atoms with van der Waals surface area (Å²) in [5.74, 6) is -0.0711. The molecule has 0 bridgehead atoms. The number of carbonyl (C=O) groups excluding carboxylic acids is 2. The molecule has 0 aromatic heterocycles. The van der Waals surface area contributed by atoms with Gasteiger partial charge in [0.05, 0.1) is 25.4 Å². The monoisotopic (exact) mass is 930 g/mol. The molecule has 0 radical (unpaired) electrons. The first-order valence-corrected chi connectivity index (χ1v) is 29.6. The standard InChI is InChI=1S/C60H115NO5/c1-3-5-7-9-11-13-15-16-17-18-20-23-26-29-33-36-40-44-48-52-58(63)57(56-62)61-59(64)53-49-45-41-37-34-30-27-24-21-19-22-25-28-31-35-39-43-47-51-55-66-60(65)54-50-46-42-38-32-14-12-10-8-6-4-2/h10,12,48,52,57-58,62-63H,3-9,11,13-47,49-51,53-56H2,1-2H3,(H,61,64)/b12-10-,52-48+. The SMILES string of the molecule is CCCC/C=C\CCCCCCCC(=O)OCCCCCCCCCCCCCCCCCCCCCC(=O)NC(CO)C(O)/C=C/CCCCCCCCCCCCCCCCCCC. The molecule has 0 aliphatic carbocycles. The van der Waals surface area contributed by atoms with Gasteiger partial charge in [0.2, 0.25) is 5.91 Å². The van der Waals surface area contributed by atoms with Gasteiger partial charge in [-0.2, -0.15) is 0 Å². The Balaban J connectivity index is 3.44. The van der Waals surface area contributed by atoms with Crippen LogP contribution in [0.3, 0.4) is 0 Å². The van der Waals surface area contributed by atoms with Crippen LogP contribution in [-0.2, 0) is 14.3 Å². The van der Waals surface area contributed by atoms with Gasteiger partial charge in [-0.15, -0.1) is 0 Å². The average Bonchev–Trinajstić information content (AvgIpc) is 3.32. The van der Waals surface area contributed by atoms with Crippen molar-refractivity contribution in [1.82, 2.24) is 5.32 Å². The summed E-state index contributed by atoms with van der Waals surface area (Å²) in [6.45, 7) is 4.88. The predicted molar refractivity (Wildman–Crippen MR) is 287 cm³/mol. The summed E-state index contributed by atoms with van der Waals surface area (Å²) in [6.07, 6.45) is 67.7. The molecular weight excluding hydrogens is 815 g/mol. The van der Waals surface area contributed by atoms with Crippen molar-refractivity contribution in [2.45, 2.75) is 334 Å². The van der Waals surface area contributed by atoms with Crippen molar-refractivity contribution in [3.05, 3.63) is 24.3 Å². The van der Waals surface area contributed by atoms with Crippen molar-refractivity contribution in [2.75, 3.05) is 13.2 Å². The number of ether oxygens (including phenoxy) is 1. The van der Waals surface area contributed by atoms with Crippen molar-refractivity contribution in [1.29, 1.82) is 0 Å². The first kappa shape index (κ1) is 64.3. The number of hydrogen-bond donors (Lipinski definition) is 3. The summed E-state index contributed by atoms with van der Waals surface area (Å²) in [5, 5.41) is 23.2. The highest BCUT2D eigenvalue weighted by Gasteiger charge is 2.18. The number of allylic oxidation sites excluding steroid dienone is 3. The quantitative estimate of drug-likeness (QED) is 0.0321. The van der Waals surface area contributed by atoms with Gasteiger partial charge in [0.25, 0.3) is 0 Å². The Morgan fingerprint density at radius 2 is 0.727 bits per heavy atom. The highest BCUT2D eigenvalue weighted by Crippen LogP contribution is 2.17. The Morgan fingerprint density at radius 3 is 1.12 bits per heavy atom. The van der Waals surface area contributed by atoms with Crippen molar-refractivity contribution in [3.8, 4) is 0 Å². The molecule has 0 saturated carbocycles. The van der Waals surface area contributed by atoms with Crippen molar-refractivity contribution in [3.63, 3.8) is 0 Å². The van der Waals surface area contributed by atoms with E-state index in [1.165, 1.54) is 250 Å². The smallest absolute Gasteiger partial charge is 0.305 e. The largest absolute Gasteiger partial charge is 0.466 e. The number of esters is 1. The van der Waals surface area contributed by atoms with Gasteiger partial charge in [0.15, 0.2) is 0 Å². The average molecular weight is 931 g/mol. The van der Waals surface area contributed by atoms with Gasteiger partial charge in [0, 0.05) is 12.8 Å². The summed E-state index contributed by atoms with van der Waals surface area (Å²) in [4.78, 5) is 24.5. The third kappa shape index (κ3) is 51.7. The second-order valence-electron chi connectivity index (χ2n) is 20.3. The molecule has 0 aromatic rings. The number of unbranched alkanes of at least 4 members (excludes halogenated alkanes) is 42. The molecule has 1 amide bonds. The fourth-order valence-electron chi connectivity index (χ4n) is 9.15. The minimum atomic E-state index is -0.847. The van der Waals surface area contributed by atoms with Crippen LogP contribution in [0.2, 0.25) is 0 Å². The molecule has 390 valence electrons. The number of nitrogens with one attached hydrogen (secondary N) is 1. The minimum Gasteiger partial charge on any atom is -0.466 e. The number of rotatable bonds is 55. The Hall–Kier alpha value is -1.66. The summed E-state index contributed by atoms with van der Waals surface area (Å²) in [5.41, 5.74) is 0. The van der Waals surface area contributed by atoms with E-state index in [9.17, 15) is 19.8 Å². The summed E-state index contributed by atoms with van der Waals surface area (Å²) in [6, 6.07) is -0.630. The molecular formula is C60H115NO5. The number of amides is 1. The maximum Gasteiger partial charge on any atom is 0.305 e. The number of carbonyl (C=O) groups is 2. The summed E-state index contributed by atoms with van der Waals surface area (Å²) in [7, 11) is 0. The van der Waals surface area contributed by atoms with E-state index in [0.717, 1.165) is 44.9 Å². The molecule has 2 atom stereocenters. The molecule has 0 heterocycles. The molecule has 66 heavy (non-hydrogen) atoms. The molecule has 6 nitrogen and oxygen atoms in total. The molecule has 0 spiro atoms. The highest BCUT2D eigenvalue weighted by atomic mass is 16.5. The van der Waals surface area contributed by atoms with Crippen LogP contribution in [0.25, 0.3) is 0 Å². The lowest BCUT2D eigenvalue weighted by atomic mass is 10.0. The van der Waals surface area contributed by atoms with E-state index < -0.39 is 12.1 Å². The van der Waals surface area contributed by atoms with Crippen LogP contribution in [-0.4, -0.2) is 47.4 Å². The second-order valence-corrected chi connectivity index (χ2v) is 20.3. The zero-order valence-electron chi connectivity index (χ0n) is 44.4. The first-order valence-electron chi connectivity index (χ1n) is 29.6. The minimum absolute atomic E-state index is 0.00256. The molecule has 0 fully saturated rings. The van der Waals surface area contributed by atoms with Crippen LogP contribution in [0.15, 0.2) is 24.3 Å². The molecule has 0 aliphatic heterocycles. The van der Waals surface area contributed by atoms with E-state index in [1.54, 1.807) is 6.08 Å². The Bertz CT molecular complexity index is 1030. The maximum absolute atomic E-state index is 12.5. The van der Waals surface area contributed by atoms with Crippen molar-refractivity contribution >= 4 is 11.9 Å². The molecule has 3 N–H and O–H groups in total. The Labute approximate surface area is 411 Å². The lowest BCUT2D eigenvalue weighted by Crippen LogP contribution is -2.45. The molecule has 0 rings (SSSR count). The zero-order chi connectivity index (χ0) is 47.9. The fourth-order valence-corrected chi connectivity index (χ4v) is 9.15. The summed E-state index contributed by atoms with van der Waals surface area (Å²) >= 11 is 0. The van der Waals surface area contributed by atoms with Crippen LogP contribution in [0.4, 0.5) is 0 Å². The number of aliphatic hydroxyl groups is 2. The predicted octanol–water partition coefficient (Wildman–Crippen LogP) is 18.2. The lowest BCUT2D eigenvalue weighted by Gasteiger charge is -2.20.